The Bertz CT molecular complexity index is 2330. The van der Waals surface area contributed by atoms with Crippen LogP contribution < -0.4 is 4.90 Å². The van der Waals surface area contributed by atoms with E-state index < -0.39 is 0 Å². The summed E-state index contributed by atoms with van der Waals surface area (Å²) >= 11 is 0. The van der Waals surface area contributed by atoms with Gasteiger partial charge in [0.25, 0.3) is 0 Å². The van der Waals surface area contributed by atoms with Crippen LogP contribution in [0.5, 0.6) is 0 Å². The Morgan fingerprint density at radius 3 is 1.29 bits per heavy atom. The van der Waals surface area contributed by atoms with Crippen molar-refractivity contribution in [1.29, 1.82) is 0 Å². The summed E-state index contributed by atoms with van der Waals surface area (Å²) in [6.45, 7) is 0. The fourth-order valence-electron chi connectivity index (χ4n) is 7.18. The van der Waals surface area contributed by atoms with Crippen molar-refractivity contribution in [2.24, 2.45) is 0 Å². The molecule has 0 aliphatic heterocycles. The molecular formula is C47H32N2. The van der Waals surface area contributed by atoms with Crippen LogP contribution in [-0.4, -0.2) is 4.98 Å². The second kappa shape index (κ2) is 12.3. The van der Waals surface area contributed by atoms with Gasteiger partial charge in [0.05, 0.1) is 5.52 Å². The monoisotopic (exact) mass is 624 g/mol. The number of anilines is 3. The second-order valence-corrected chi connectivity index (χ2v) is 12.4. The van der Waals surface area contributed by atoms with E-state index in [-0.39, 0.29) is 0 Å². The average Bonchev–Trinajstić information content (AvgIpc) is 3.18. The first kappa shape index (κ1) is 28.7. The number of hydrogen-bond acceptors (Lipinski definition) is 2. The Morgan fingerprint density at radius 1 is 0.327 bits per heavy atom. The van der Waals surface area contributed by atoms with Crippen LogP contribution in [0.3, 0.4) is 0 Å². The average molecular weight is 625 g/mol. The molecule has 0 saturated carbocycles. The first-order chi connectivity index (χ1) is 24.3. The van der Waals surface area contributed by atoms with E-state index in [1.807, 2.05) is 12.3 Å². The minimum absolute atomic E-state index is 1.00. The standard InChI is InChI=1S/C47H32N2/c1-3-24-42-33(12-1)14-8-26-44(42)36-17-5-21-39(30-36)49(40-22-6-18-37(31-40)45-27-9-15-34-13-2-4-25-43(34)45)41-23-7-19-38(32-41)46-28-10-16-35-20-11-29-48-47(35)46/h1-32H. The summed E-state index contributed by atoms with van der Waals surface area (Å²) in [5, 5.41) is 6.10. The number of aromatic nitrogens is 1. The molecule has 9 aromatic rings. The molecule has 0 fully saturated rings. The molecule has 1 heterocycles. The van der Waals surface area contributed by atoms with Gasteiger partial charge in [0.15, 0.2) is 0 Å². The molecule has 0 atom stereocenters. The van der Waals surface area contributed by atoms with Crippen molar-refractivity contribution < 1.29 is 0 Å². The summed E-state index contributed by atoms with van der Waals surface area (Å²) in [6.07, 6.45) is 1.87. The highest BCUT2D eigenvalue weighted by molar-refractivity contribution is 5.99. The number of pyridine rings is 1. The minimum atomic E-state index is 1.00. The van der Waals surface area contributed by atoms with Crippen molar-refractivity contribution in [3.8, 4) is 33.4 Å². The molecule has 0 unspecified atom stereocenters. The van der Waals surface area contributed by atoms with Gasteiger partial charge < -0.3 is 4.90 Å². The zero-order valence-corrected chi connectivity index (χ0v) is 26.9. The number of benzene rings is 8. The smallest absolute Gasteiger partial charge is 0.0780 e. The number of nitrogens with zero attached hydrogens (tertiary/aromatic N) is 2. The van der Waals surface area contributed by atoms with Gasteiger partial charge >= 0.3 is 0 Å². The predicted octanol–water partition coefficient (Wildman–Crippen LogP) is 13.0. The van der Waals surface area contributed by atoms with Gasteiger partial charge in [-0.25, -0.2) is 0 Å². The fraction of sp³-hybridized carbons (Fsp3) is 0. The van der Waals surface area contributed by atoms with Crippen molar-refractivity contribution in [2.75, 3.05) is 4.90 Å². The number of rotatable bonds is 6. The van der Waals surface area contributed by atoms with E-state index in [1.54, 1.807) is 0 Å². The molecule has 49 heavy (non-hydrogen) atoms. The summed E-state index contributed by atoms with van der Waals surface area (Å²) in [5.74, 6) is 0. The maximum atomic E-state index is 4.77. The third-order valence-corrected chi connectivity index (χ3v) is 9.46. The predicted molar refractivity (Wildman–Crippen MR) is 208 cm³/mol. The van der Waals surface area contributed by atoms with Gasteiger partial charge in [-0.15, -0.1) is 0 Å². The number of para-hydroxylation sites is 1. The molecule has 0 aliphatic rings. The second-order valence-electron chi connectivity index (χ2n) is 12.4. The van der Waals surface area contributed by atoms with Gasteiger partial charge in [-0.05, 0) is 91.8 Å². The van der Waals surface area contributed by atoms with E-state index in [4.69, 9.17) is 4.98 Å². The van der Waals surface area contributed by atoms with Crippen molar-refractivity contribution in [1.82, 2.24) is 4.98 Å². The zero-order valence-electron chi connectivity index (χ0n) is 26.9. The highest BCUT2D eigenvalue weighted by atomic mass is 15.1. The van der Waals surface area contributed by atoms with Crippen LogP contribution in [0.2, 0.25) is 0 Å². The molecule has 0 amide bonds. The third kappa shape index (κ3) is 5.30. The lowest BCUT2D eigenvalue weighted by Gasteiger charge is -2.27. The lowest BCUT2D eigenvalue weighted by molar-refractivity contribution is 1.28. The molecule has 0 saturated heterocycles. The van der Waals surface area contributed by atoms with Crippen LogP contribution in [0.4, 0.5) is 17.1 Å². The molecule has 2 heteroatoms. The first-order valence-electron chi connectivity index (χ1n) is 16.7. The third-order valence-electron chi connectivity index (χ3n) is 9.46. The van der Waals surface area contributed by atoms with Gasteiger partial charge in [0, 0.05) is 34.2 Å². The van der Waals surface area contributed by atoms with Gasteiger partial charge in [0.1, 0.15) is 0 Å². The van der Waals surface area contributed by atoms with Gasteiger partial charge in [0.2, 0.25) is 0 Å². The van der Waals surface area contributed by atoms with Crippen molar-refractivity contribution in [3.05, 3.63) is 194 Å². The Labute approximate surface area is 286 Å². The Balaban J connectivity index is 1.24. The summed E-state index contributed by atoms with van der Waals surface area (Å²) in [7, 11) is 0. The molecular weight excluding hydrogens is 593 g/mol. The SMILES string of the molecule is c1cc(-c2cccc3ccccc23)cc(N(c2cccc(-c3cccc4ccccc34)c2)c2cccc(-c3cccc4cccnc34)c2)c1. The van der Waals surface area contributed by atoms with Crippen LogP contribution >= 0.6 is 0 Å². The summed E-state index contributed by atoms with van der Waals surface area (Å²) in [5.41, 5.74) is 11.3. The molecule has 0 bridgehead atoms. The molecule has 0 spiro atoms. The molecule has 2 nitrogen and oxygen atoms in total. The Kier molecular flexibility index (Phi) is 7.18. The van der Waals surface area contributed by atoms with E-state index >= 15 is 0 Å². The number of hydrogen-bond donors (Lipinski definition) is 0. The van der Waals surface area contributed by atoms with Crippen LogP contribution in [0.1, 0.15) is 0 Å². The molecule has 0 N–H and O–H groups in total. The molecule has 1 aromatic heterocycles. The van der Waals surface area contributed by atoms with E-state index in [0.717, 1.165) is 39.1 Å². The summed E-state index contributed by atoms with van der Waals surface area (Å²) in [4.78, 5) is 7.16. The van der Waals surface area contributed by atoms with Crippen molar-refractivity contribution >= 4 is 49.5 Å². The molecule has 0 radical (unpaired) electrons. The van der Waals surface area contributed by atoms with Gasteiger partial charge in [-0.1, -0.05) is 146 Å². The molecule has 9 rings (SSSR count). The van der Waals surface area contributed by atoms with E-state index in [9.17, 15) is 0 Å². The van der Waals surface area contributed by atoms with Crippen molar-refractivity contribution in [3.63, 3.8) is 0 Å². The zero-order chi connectivity index (χ0) is 32.6. The Hall–Kier alpha value is -6.51. The summed E-state index contributed by atoms with van der Waals surface area (Å²) in [6, 6.07) is 67.6. The largest absolute Gasteiger partial charge is 0.310 e. The van der Waals surface area contributed by atoms with Crippen LogP contribution in [0.25, 0.3) is 65.8 Å². The topological polar surface area (TPSA) is 16.1 Å². The molecule has 230 valence electrons. The maximum absolute atomic E-state index is 4.77. The summed E-state index contributed by atoms with van der Waals surface area (Å²) < 4.78 is 0. The molecule has 0 aliphatic carbocycles. The maximum Gasteiger partial charge on any atom is 0.0780 e. The lowest BCUT2D eigenvalue weighted by atomic mass is 9.96. The van der Waals surface area contributed by atoms with E-state index in [1.165, 1.54) is 43.8 Å². The van der Waals surface area contributed by atoms with E-state index in [0.29, 0.717) is 0 Å². The highest BCUT2D eigenvalue weighted by Gasteiger charge is 2.17. The van der Waals surface area contributed by atoms with Gasteiger partial charge in [-0.2, -0.15) is 0 Å². The Morgan fingerprint density at radius 2 is 0.735 bits per heavy atom. The van der Waals surface area contributed by atoms with Crippen molar-refractivity contribution in [2.45, 2.75) is 0 Å². The van der Waals surface area contributed by atoms with Crippen LogP contribution in [0.15, 0.2) is 194 Å². The van der Waals surface area contributed by atoms with Crippen LogP contribution in [0, 0.1) is 0 Å². The highest BCUT2D eigenvalue weighted by Crippen LogP contribution is 2.41. The normalized spacial score (nSPS) is 11.3. The number of fused-ring (bicyclic) bond motifs is 3. The van der Waals surface area contributed by atoms with E-state index in [2.05, 4.69) is 187 Å². The minimum Gasteiger partial charge on any atom is -0.310 e. The fourth-order valence-corrected chi connectivity index (χ4v) is 7.18. The van der Waals surface area contributed by atoms with Crippen LogP contribution in [-0.2, 0) is 0 Å². The van der Waals surface area contributed by atoms with Gasteiger partial charge in [-0.3, -0.25) is 4.98 Å². The quantitative estimate of drug-likeness (QED) is 0.183. The molecule has 8 aromatic carbocycles. The first-order valence-corrected chi connectivity index (χ1v) is 16.7. The lowest BCUT2D eigenvalue weighted by Crippen LogP contribution is -2.10.